The van der Waals surface area contributed by atoms with Gasteiger partial charge < -0.3 is 0 Å². The van der Waals surface area contributed by atoms with Gasteiger partial charge in [-0.05, 0) is 58.4 Å². The molecule has 0 fully saturated rings. The monoisotopic (exact) mass is 232 g/mol. The van der Waals surface area contributed by atoms with Crippen molar-refractivity contribution >= 4 is 11.6 Å². The summed E-state index contributed by atoms with van der Waals surface area (Å²) in [5, 5.41) is 2.90. The Balaban J connectivity index is 2.10. The van der Waals surface area contributed by atoms with Crippen LogP contribution in [0.3, 0.4) is 0 Å². The molecule has 3 aliphatic rings. The Morgan fingerprint density at radius 2 is 1.94 bits per heavy atom. The molecule has 0 spiro atoms. The van der Waals surface area contributed by atoms with Crippen molar-refractivity contribution in [3.05, 3.63) is 69.7 Å². The van der Waals surface area contributed by atoms with E-state index in [0.717, 1.165) is 12.8 Å². The standard InChI is InChI=1S/C18H16/c1-3-7-15-13(5-1)9-11-18-16-8-4-2-6-14(16)10-12-17(15)18/h1,3-6,8-9,11H,2,7,10,12H2. The van der Waals surface area contributed by atoms with Crippen LogP contribution in [0.1, 0.15) is 24.0 Å². The molecule has 0 radical (unpaired) electrons. The maximum Gasteiger partial charge on any atom is -0.00854 e. The summed E-state index contributed by atoms with van der Waals surface area (Å²) in [6, 6.07) is 4.61. The third kappa shape index (κ3) is 1.38. The van der Waals surface area contributed by atoms with Gasteiger partial charge in [-0.1, -0.05) is 48.6 Å². The Kier molecular flexibility index (Phi) is 2.16. The Hall–Kier alpha value is -1.82. The van der Waals surface area contributed by atoms with Crippen molar-refractivity contribution in [2.45, 2.75) is 25.7 Å². The Morgan fingerprint density at radius 1 is 0.944 bits per heavy atom. The second kappa shape index (κ2) is 3.84. The first-order valence-corrected chi connectivity index (χ1v) is 6.81. The van der Waals surface area contributed by atoms with Gasteiger partial charge in [0.05, 0.1) is 0 Å². The van der Waals surface area contributed by atoms with Gasteiger partial charge in [-0.2, -0.15) is 0 Å². The van der Waals surface area contributed by atoms with Gasteiger partial charge in [0.25, 0.3) is 0 Å². The van der Waals surface area contributed by atoms with Crippen molar-refractivity contribution < 1.29 is 0 Å². The van der Waals surface area contributed by atoms with Crippen LogP contribution in [0.25, 0.3) is 11.6 Å². The Labute approximate surface area is 107 Å². The van der Waals surface area contributed by atoms with Gasteiger partial charge in [-0.3, -0.25) is 0 Å². The van der Waals surface area contributed by atoms with E-state index in [9.17, 15) is 0 Å². The molecule has 1 aromatic carbocycles. The molecule has 0 saturated carbocycles. The molecule has 0 amide bonds. The topological polar surface area (TPSA) is 0 Å². The minimum Gasteiger partial charge on any atom is -0.0801 e. The van der Waals surface area contributed by atoms with Crippen LogP contribution in [0.15, 0.2) is 48.1 Å². The predicted molar refractivity (Wildman–Crippen MR) is 76.6 cm³/mol. The number of allylic oxidation sites excluding steroid dienone is 6. The highest BCUT2D eigenvalue weighted by atomic mass is 14.2. The maximum absolute atomic E-state index is 2.39. The zero-order chi connectivity index (χ0) is 11.9. The summed E-state index contributed by atoms with van der Waals surface area (Å²) in [6.45, 7) is 0. The van der Waals surface area contributed by atoms with E-state index < -0.39 is 0 Å². The fourth-order valence-electron chi connectivity index (χ4n) is 3.38. The number of hydrogen-bond donors (Lipinski definition) is 0. The average Bonchev–Trinajstić information content (AvgIpc) is 2.46. The average molecular weight is 232 g/mol. The molecule has 0 N–H and O–H groups in total. The highest BCUT2D eigenvalue weighted by Gasteiger charge is 2.17. The minimum absolute atomic E-state index is 1.10. The lowest BCUT2D eigenvalue weighted by atomic mass is 9.82. The molecule has 3 aliphatic carbocycles. The molecule has 1 aromatic rings. The molecule has 0 heteroatoms. The summed E-state index contributed by atoms with van der Waals surface area (Å²) in [4.78, 5) is 0. The summed E-state index contributed by atoms with van der Waals surface area (Å²) < 4.78 is 0. The quantitative estimate of drug-likeness (QED) is 0.645. The van der Waals surface area contributed by atoms with Crippen molar-refractivity contribution in [1.29, 1.82) is 0 Å². The summed E-state index contributed by atoms with van der Waals surface area (Å²) in [5.74, 6) is 0. The molecule has 0 bridgehead atoms. The first-order valence-electron chi connectivity index (χ1n) is 6.81. The van der Waals surface area contributed by atoms with Crippen LogP contribution < -0.4 is 10.4 Å². The van der Waals surface area contributed by atoms with Crippen LogP contribution in [0.5, 0.6) is 0 Å². The van der Waals surface area contributed by atoms with Gasteiger partial charge in [-0.25, -0.2) is 0 Å². The van der Waals surface area contributed by atoms with E-state index in [1.165, 1.54) is 28.9 Å². The fourth-order valence-corrected chi connectivity index (χ4v) is 3.38. The second-order valence-electron chi connectivity index (χ2n) is 5.24. The lowest BCUT2D eigenvalue weighted by Crippen LogP contribution is -2.27. The predicted octanol–water partition coefficient (Wildman–Crippen LogP) is 2.56. The Morgan fingerprint density at radius 3 is 2.94 bits per heavy atom. The van der Waals surface area contributed by atoms with E-state index >= 15 is 0 Å². The first kappa shape index (κ1) is 10.1. The van der Waals surface area contributed by atoms with Gasteiger partial charge in [0.2, 0.25) is 0 Å². The zero-order valence-electron chi connectivity index (χ0n) is 10.4. The second-order valence-corrected chi connectivity index (χ2v) is 5.24. The van der Waals surface area contributed by atoms with Gasteiger partial charge >= 0.3 is 0 Å². The van der Waals surface area contributed by atoms with Crippen molar-refractivity contribution in [2.75, 3.05) is 0 Å². The van der Waals surface area contributed by atoms with E-state index in [1.807, 2.05) is 0 Å². The smallest absolute Gasteiger partial charge is 0.00854 e. The molecule has 0 nitrogen and oxygen atoms in total. The molecule has 0 atom stereocenters. The lowest BCUT2D eigenvalue weighted by molar-refractivity contribution is 0.904. The highest BCUT2D eigenvalue weighted by molar-refractivity contribution is 5.76. The third-order valence-electron chi connectivity index (χ3n) is 4.27. The van der Waals surface area contributed by atoms with Crippen LogP contribution in [-0.2, 0) is 12.8 Å². The highest BCUT2D eigenvalue weighted by Crippen LogP contribution is 2.27. The van der Waals surface area contributed by atoms with Crippen molar-refractivity contribution in [1.82, 2.24) is 0 Å². The van der Waals surface area contributed by atoms with E-state index in [0.29, 0.717) is 0 Å². The normalized spacial score (nSPS) is 19.6. The van der Waals surface area contributed by atoms with E-state index in [1.54, 1.807) is 16.7 Å². The summed E-state index contributed by atoms with van der Waals surface area (Å²) in [5.41, 5.74) is 6.17. The van der Waals surface area contributed by atoms with Crippen LogP contribution in [-0.4, -0.2) is 0 Å². The SMILES string of the molecule is C1=CCc2c3c(ccc2=C1)=C1C=CCC=C1CC3. The molecule has 4 rings (SSSR count). The van der Waals surface area contributed by atoms with Crippen LogP contribution >= 0.6 is 0 Å². The zero-order valence-corrected chi connectivity index (χ0v) is 10.4. The van der Waals surface area contributed by atoms with Crippen molar-refractivity contribution in [2.24, 2.45) is 0 Å². The number of fused-ring (bicyclic) bond motifs is 4. The van der Waals surface area contributed by atoms with E-state index in [-0.39, 0.29) is 0 Å². The maximum atomic E-state index is 2.39. The van der Waals surface area contributed by atoms with Crippen molar-refractivity contribution in [3.8, 4) is 0 Å². The molecular formula is C18H16. The minimum atomic E-state index is 1.10. The van der Waals surface area contributed by atoms with Crippen LogP contribution in [0.2, 0.25) is 0 Å². The fraction of sp³-hybridized carbons (Fsp3) is 0.222. The molecule has 0 aromatic heterocycles. The van der Waals surface area contributed by atoms with Gasteiger partial charge in [0, 0.05) is 0 Å². The number of hydrogen-bond acceptors (Lipinski definition) is 0. The molecule has 0 unspecified atom stereocenters. The molecule has 0 saturated heterocycles. The summed E-state index contributed by atoms with van der Waals surface area (Å²) in [7, 11) is 0. The van der Waals surface area contributed by atoms with Crippen LogP contribution in [0, 0.1) is 0 Å². The Bertz CT molecular complexity index is 724. The first-order chi connectivity index (χ1) is 8.93. The van der Waals surface area contributed by atoms with Gasteiger partial charge in [-0.15, -0.1) is 0 Å². The molecule has 0 heterocycles. The number of rotatable bonds is 0. The third-order valence-corrected chi connectivity index (χ3v) is 4.27. The lowest BCUT2D eigenvalue weighted by Gasteiger charge is -2.22. The van der Waals surface area contributed by atoms with Crippen molar-refractivity contribution in [3.63, 3.8) is 0 Å². The molecule has 18 heavy (non-hydrogen) atoms. The summed E-state index contributed by atoms with van der Waals surface area (Å²) in [6.07, 6.45) is 18.3. The molecule has 0 aliphatic heterocycles. The molecular weight excluding hydrogens is 216 g/mol. The van der Waals surface area contributed by atoms with Gasteiger partial charge in [0.1, 0.15) is 0 Å². The largest absolute Gasteiger partial charge is 0.0801 e. The molecule has 88 valence electrons. The summed E-state index contributed by atoms with van der Waals surface area (Å²) >= 11 is 0. The van der Waals surface area contributed by atoms with E-state index in [4.69, 9.17) is 0 Å². The number of benzene rings is 1. The van der Waals surface area contributed by atoms with Crippen LogP contribution in [0.4, 0.5) is 0 Å². The van der Waals surface area contributed by atoms with E-state index in [2.05, 4.69) is 48.6 Å². The van der Waals surface area contributed by atoms with Gasteiger partial charge in [0.15, 0.2) is 0 Å².